The van der Waals surface area contributed by atoms with Crippen LogP contribution in [0.15, 0.2) is 24.3 Å². The highest BCUT2D eigenvalue weighted by Gasteiger charge is 2.38. The van der Waals surface area contributed by atoms with Gasteiger partial charge in [0, 0.05) is 31.8 Å². The average Bonchev–Trinajstić information content (AvgIpc) is 3.21. The molecule has 2 heterocycles. The number of amides is 2. The van der Waals surface area contributed by atoms with Crippen molar-refractivity contribution in [2.24, 2.45) is 0 Å². The molecule has 1 aliphatic heterocycles. The third-order valence-electron chi connectivity index (χ3n) is 5.12. The molecule has 0 radical (unpaired) electrons. The number of H-pyrrole nitrogens is 1. The molecule has 3 N–H and O–H groups in total. The van der Waals surface area contributed by atoms with Gasteiger partial charge >= 0.3 is 5.97 Å². The minimum Gasteiger partial charge on any atom is -0.481 e. The molecule has 144 valence electrons. The van der Waals surface area contributed by atoms with E-state index in [4.69, 9.17) is 5.11 Å². The van der Waals surface area contributed by atoms with Crippen LogP contribution < -0.4 is 5.32 Å². The number of benzene rings is 1. The minimum absolute atomic E-state index is 0.0245. The zero-order valence-electron chi connectivity index (χ0n) is 15.3. The number of nitrogens with zero attached hydrogens (tertiary/aromatic N) is 2. The van der Waals surface area contributed by atoms with Gasteiger partial charge in [0.15, 0.2) is 0 Å². The van der Waals surface area contributed by atoms with Crippen molar-refractivity contribution < 1.29 is 19.5 Å². The van der Waals surface area contributed by atoms with Crippen molar-refractivity contribution in [2.75, 3.05) is 7.05 Å². The molecule has 0 spiro atoms. The van der Waals surface area contributed by atoms with Gasteiger partial charge in [-0.2, -0.15) is 0 Å². The van der Waals surface area contributed by atoms with Gasteiger partial charge in [0.25, 0.3) is 0 Å². The van der Waals surface area contributed by atoms with Crippen molar-refractivity contribution in [1.82, 2.24) is 20.2 Å². The standard InChI is InChI=1S/C19H24N4O4/c1-23(12-15-20-13-4-2-3-5-14(13)21-15)17(25)7-10-19(11-8-18(26)27)9-6-16(24)22-19/h2-5H,6-12H2,1H3,(H,20,21)(H,22,24)(H,26,27). The summed E-state index contributed by atoms with van der Waals surface area (Å²) in [5.74, 6) is -0.333. The van der Waals surface area contributed by atoms with E-state index in [0.717, 1.165) is 11.0 Å². The fraction of sp³-hybridized carbons (Fsp3) is 0.474. The summed E-state index contributed by atoms with van der Waals surface area (Å²) in [6.07, 6.45) is 1.95. The van der Waals surface area contributed by atoms with Crippen molar-refractivity contribution in [3.63, 3.8) is 0 Å². The Kier molecular flexibility index (Phi) is 5.43. The van der Waals surface area contributed by atoms with Crippen LogP contribution in [0.4, 0.5) is 0 Å². The highest BCUT2D eigenvalue weighted by atomic mass is 16.4. The number of hydrogen-bond acceptors (Lipinski definition) is 4. The summed E-state index contributed by atoms with van der Waals surface area (Å²) in [5.41, 5.74) is 1.19. The molecule has 0 bridgehead atoms. The number of aromatic amines is 1. The molecule has 1 fully saturated rings. The minimum atomic E-state index is -0.899. The molecule has 1 aromatic carbocycles. The summed E-state index contributed by atoms with van der Waals surface area (Å²) < 4.78 is 0. The third kappa shape index (κ3) is 4.64. The molecule has 8 nitrogen and oxygen atoms in total. The Labute approximate surface area is 157 Å². The van der Waals surface area contributed by atoms with Crippen molar-refractivity contribution in [3.8, 4) is 0 Å². The Morgan fingerprint density at radius 3 is 2.67 bits per heavy atom. The summed E-state index contributed by atoms with van der Waals surface area (Å²) in [6.45, 7) is 0.363. The Bertz CT molecular complexity index is 829. The number of carbonyl (C=O) groups is 3. The van der Waals surface area contributed by atoms with Crippen LogP contribution >= 0.6 is 0 Å². The number of carboxylic acid groups (broad SMARTS) is 1. The van der Waals surface area contributed by atoms with Crippen molar-refractivity contribution in [1.29, 1.82) is 0 Å². The van der Waals surface area contributed by atoms with E-state index < -0.39 is 11.5 Å². The zero-order valence-corrected chi connectivity index (χ0v) is 15.3. The molecule has 1 aromatic heterocycles. The summed E-state index contributed by atoms with van der Waals surface area (Å²) in [6, 6.07) is 7.68. The van der Waals surface area contributed by atoms with Crippen molar-refractivity contribution in [2.45, 2.75) is 50.6 Å². The summed E-state index contributed by atoms with van der Waals surface area (Å²) >= 11 is 0. The van der Waals surface area contributed by atoms with Gasteiger partial charge in [-0.1, -0.05) is 12.1 Å². The van der Waals surface area contributed by atoms with Crippen LogP contribution in [0.1, 0.15) is 44.3 Å². The van der Waals surface area contributed by atoms with Crippen LogP contribution in [0.5, 0.6) is 0 Å². The van der Waals surface area contributed by atoms with E-state index >= 15 is 0 Å². The van der Waals surface area contributed by atoms with Crippen LogP contribution in [0.3, 0.4) is 0 Å². The fourth-order valence-corrected chi connectivity index (χ4v) is 3.55. The molecule has 1 saturated heterocycles. The van der Waals surface area contributed by atoms with E-state index in [-0.39, 0.29) is 24.7 Å². The largest absolute Gasteiger partial charge is 0.481 e. The number of para-hydroxylation sites is 2. The first kappa shape index (κ1) is 18.9. The van der Waals surface area contributed by atoms with Gasteiger partial charge in [-0.05, 0) is 31.4 Å². The van der Waals surface area contributed by atoms with Gasteiger partial charge < -0.3 is 20.3 Å². The lowest BCUT2D eigenvalue weighted by Gasteiger charge is -2.29. The molecule has 0 saturated carbocycles. The van der Waals surface area contributed by atoms with Gasteiger partial charge in [-0.25, -0.2) is 4.98 Å². The van der Waals surface area contributed by atoms with E-state index in [1.165, 1.54) is 0 Å². The van der Waals surface area contributed by atoms with E-state index in [9.17, 15) is 14.4 Å². The van der Waals surface area contributed by atoms with Crippen LogP contribution in [-0.4, -0.2) is 50.3 Å². The molecule has 8 heteroatoms. The molecule has 1 atom stereocenters. The number of rotatable bonds is 8. The van der Waals surface area contributed by atoms with Crippen LogP contribution in [0.2, 0.25) is 0 Å². The molecular formula is C19H24N4O4. The Morgan fingerprint density at radius 2 is 2.00 bits per heavy atom. The molecule has 1 unspecified atom stereocenters. The molecule has 0 aliphatic carbocycles. The molecule has 2 aromatic rings. The number of carbonyl (C=O) groups excluding carboxylic acids is 2. The number of aromatic nitrogens is 2. The number of fused-ring (bicyclic) bond motifs is 1. The number of nitrogens with one attached hydrogen (secondary N) is 2. The Balaban J connectivity index is 1.57. The lowest BCUT2D eigenvalue weighted by Crippen LogP contribution is -2.43. The quantitative estimate of drug-likeness (QED) is 0.654. The second-order valence-electron chi connectivity index (χ2n) is 7.17. The summed E-state index contributed by atoms with van der Waals surface area (Å²) in [7, 11) is 1.71. The predicted octanol–water partition coefficient (Wildman–Crippen LogP) is 1.82. The van der Waals surface area contributed by atoms with Gasteiger partial charge in [0.1, 0.15) is 5.82 Å². The first-order chi connectivity index (χ1) is 12.9. The highest BCUT2D eigenvalue weighted by molar-refractivity contribution is 5.80. The smallest absolute Gasteiger partial charge is 0.303 e. The molecular weight excluding hydrogens is 348 g/mol. The lowest BCUT2D eigenvalue weighted by molar-refractivity contribution is -0.137. The van der Waals surface area contributed by atoms with Crippen molar-refractivity contribution >= 4 is 28.8 Å². The number of imidazole rings is 1. The maximum atomic E-state index is 12.5. The number of aliphatic carboxylic acids is 1. The zero-order chi connectivity index (χ0) is 19.4. The summed E-state index contributed by atoms with van der Waals surface area (Å²) in [4.78, 5) is 44.4. The van der Waals surface area contributed by atoms with Crippen LogP contribution in [0.25, 0.3) is 11.0 Å². The van der Waals surface area contributed by atoms with E-state index in [2.05, 4.69) is 15.3 Å². The number of hydrogen-bond donors (Lipinski definition) is 3. The molecule has 3 rings (SSSR count). The second kappa shape index (κ2) is 7.77. The predicted molar refractivity (Wildman–Crippen MR) is 98.8 cm³/mol. The average molecular weight is 372 g/mol. The normalized spacial score (nSPS) is 19.2. The monoisotopic (exact) mass is 372 g/mol. The van der Waals surface area contributed by atoms with Gasteiger partial charge in [0.2, 0.25) is 11.8 Å². The third-order valence-corrected chi connectivity index (χ3v) is 5.12. The van der Waals surface area contributed by atoms with Crippen LogP contribution in [0, 0.1) is 0 Å². The van der Waals surface area contributed by atoms with Gasteiger partial charge in [-0.15, -0.1) is 0 Å². The maximum absolute atomic E-state index is 12.5. The Morgan fingerprint density at radius 1 is 1.26 bits per heavy atom. The topological polar surface area (TPSA) is 115 Å². The Hall–Kier alpha value is -2.90. The molecule has 1 aliphatic rings. The van der Waals surface area contributed by atoms with E-state index in [0.29, 0.717) is 38.1 Å². The first-order valence-electron chi connectivity index (χ1n) is 9.07. The maximum Gasteiger partial charge on any atom is 0.303 e. The van der Waals surface area contributed by atoms with Crippen LogP contribution in [-0.2, 0) is 20.9 Å². The number of carboxylic acids is 1. The fourth-order valence-electron chi connectivity index (χ4n) is 3.55. The molecule has 27 heavy (non-hydrogen) atoms. The SMILES string of the molecule is CN(Cc1nc2ccccc2[nH]1)C(=O)CCC1(CCC(=O)O)CCC(=O)N1. The van der Waals surface area contributed by atoms with E-state index in [1.807, 2.05) is 24.3 Å². The van der Waals surface area contributed by atoms with Crippen molar-refractivity contribution in [3.05, 3.63) is 30.1 Å². The lowest BCUT2D eigenvalue weighted by atomic mass is 9.86. The summed E-state index contributed by atoms with van der Waals surface area (Å²) in [5, 5.41) is 11.8. The van der Waals surface area contributed by atoms with Gasteiger partial charge in [-0.3, -0.25) is 14.4 Å². The first-order valence-corrected chi connectivity index (χ1v) is 9.07. The van der Waals surface area contributed by atoms with Gasteiger partial charge in [0.05, 0.1) is 17.6 Å². The molecule has 2 amide bonds. The highest BCUT2D eigenvalue weighted by Crippen LogP contribution is 2.30. The van der Waals surface area contributed by atoms with E-state index in [1.54, 1.807) is 11.9 Å². The second-order valence-corrected chi connectivity index (χ2v) is 7.17.